The van der Waals surface area contributed by atoms with Crippen LogP contribution >= 0.6 is 0 Å². The molecule has 21 heavy (non-hydrogen) atoms. The van der Waals surface area contributed by atoms with Gasteiger partial charge in [-0.3, -0.25) is 0 Å². The number of carboxylic acids is 1. The Balaban J connectivity index is 2.24. The van der Waals surface area contributed by atoms with Crippen LogP contribution in [0.1, 0.15) is 24.8 Å². The molecule has 0 radical (unpaired) electrons. The van der Waals surface area contributed by atoms with Crippen molar-refractivity contribution < 1.29 is 19.8 Å². The van der Waals surface area contributed by atoms with E-state index in [0.29, 0.717) is 31.5 Å². The molecule has 6 heteroatoms. The zero-order chi connectivity index (χ0) is 15.8. The number of phenols is 1. The first kappa shape index (κ1) is 16.6. The number of amides is 2. The van der Waals surface area contributed by atoms with Gasteiger partial charge in [0.2, 0.25) is 0 Å². The van der Waals surface area contributed by atoms with Crippen LogP contribution in [-0.2, 0) is 4.79 Å². The summed E-state index contributed by atoms with van der Waals surface area (Å²) in [5.41, 5.74) is 1.42. The number of unbranched alkanes of at least 4 members (excludes halogenated alkanes) is 1. The number of rotatable bonds is 7. The molecule has 0 aliphatic carbocycles. The predicted octanol–water partition coefficient (Wildman–Crippen LogP) is 2.63. The van der Waals surface area contributed by atoms with E-state index in [9.17, 15) is 14.7 Å². The van der Waals surface area contributed by atoms with Gasteiger partial charge in [-0.15, -0.1) is 0 Å². The summed E-state index contributed by atoms with van der Waals surface area (Å²) in [5, 5.41) is 23.4. The third-order valence-electron chi connectivity index (χ3n) is 2.96. The van der Waals surface area contributed by atoms with E-state index in [0.717, 1.165) is 5.56 Å². The monoisotopic (exact) mass is 292 g/mol. The Hall–Kier alpha value is -2.50. The fourth-order valence-electron chi connectivity index (χ4n) is 1.63. The zero-order valence-corrected chi connectivity index (χ0v) is 12.0. The number of urea groups is 1. The summed E-state index contributed by atoms with van der Waals surface area (Å²) in [4.78, 5) is 22.1. The third-order valence-corrected chi connectivity index (χ3v) is 2.96. The van der Waals surface area contributed by atoms with Crippen LogP contribution in [0.5, 0.6) is 5.75 Å². The van der Waals surface area contributed by atoms with E-state index in [1.54, 1.807) is 19.1 Å². The zero-order valence-electron chi connectivity index (χ0n) is 12.0. The van der Waals surface area contributed by atoms with Crippen LogP contribution < -0.4 is 10.6 Å². The van der Waals surface area contributed by atoms with Gasteiger partial charge in [0.1, 0.15) is 5.75 Å². The minimum atomic E-state index is -0.986. The number of anilines is 1. The molecule has 0 atom stereocenters. The Bertz CT molecular complexity index is 540. The number of carbonyl (C=O) groups is 2. The molecule has 0 saturated carbocycles. The normalized spacial score (nSPS) is 9.95. The number of aromatic hydroxyl groups is 1. The first-order valence-corrected chi connectivity index (χ1v) is 6.65. The van der Waals surface area contributed by atoms with Gasteiger partial charge < -0.3 is 20.8 Å². The highest BCUT2D eigenvalue weighted by Gasteiger charge is 2.05. The van der Waals surface area contributed by atoms with Crippen molar-refractivity contribution >= 4 is 17.7 Å². The lowest BCUT2D eigenvalue weighted by molar-refractivity contribution is -0.132. The molecule has 0 aliphatic heterocycles. The van der Waals surface area contributed by atoms with Crippen LogP contribution in [0, 0.1) is 6.92 Å². The molecule has 0 unspecified atom stereocenters. The van der Waals surface area contributed by atoms with Gasteiger partial charge in [-0.05, 0) is 37.8 Å². The molecule has 1 aromatic rings. The smallest absolute Gasteiger partial charge is 0.330 e. The second-order valence-corrected chi connectivity index (χ2v) is 4.75. The Morgan fingerprint density at radius 2 is 2.00 bits per heavy atom. The number of phenolic OH excluding ortho intramolecular Hbond substituents is 1. The number of nitrogens with one attached hydrogen (secondary N) is 2. The summed E-state index contributed by atoms with van der Waals surface area (Å²) >= 11 is 0. The molecule has 114 valence electrons. The van der Waals surface area contributed by atoms with Crippen LogP contribution in [0.4, 0.5) is 10.5 Å². The van der Waals surface area contributed by atoms with Crippen molar-refractivity contribution in [2.24, 2.45) is 0 Å². The third kappa shape index (κ3) is 5.99. The Morgan fingerprint density at radius 3 is 2.62 bits per heavy atom. The van der Waals surface area contributed by atoms with E-state index in [2.05, 4.69) is 17.2 Å². The molecule has 0 fully saturated rings. The molecule has 2 amide bonds. The molecule has 1 rings (SSSR count). The highest BCUT2D eigenvalue weighted by atomic mass is 16.4. The molecule has 0 aliphatic rings. The molecule has 4 N–H and O–H groups in total. The van der Waals surface area contributed by atoms with Crippen LogP contribution in [0.25, 0.3) is 0 Å². The lowest BCUT2D eigenvalue weighted by atomic mass is 10.1. The first-order chi connectivity index (χ1) is 9.90. The van der Waals surface area contributed by atoms with E-state index < -0.39 is 5.97 Å². The van der Waals surface area contributed by atoms with Crippen LogP contribution in [0.3, 0.4) is 0 Å². The Labute approximate surface area is 123 Å². The van der Waals surface area contributed by atoms with E-state index in [1.165, 1.54) is 6.07 Å². The van der Waals surface area contributed by atoms with Crippen molar-refractivity contribution in [2.75, 3.05) is 11.9 Å². The maximum absolute atomic E-state index is 11.6. The number of carboxylic acid groups (broad SMARTS) is 1. The van der Waals surface area contributed by atoms with Crippen LogP contribution in [-0.4, -0.2) is 28.8 Å². The number of aliphatic carboxylic acids is 1. The summed E-state index contributed by atoms with van der Waals surface area (Å²) in [6.45, 7) is 5.64. The second kappa shape index (κ2) is 7.94. The van der Waals surface area contributed by atoms with Crippen molar-refractivity contribution in [3.8, 4) is 5.75 Å². The van der Waals surface area contributed by atoms with Gasteiger partial charge in [-0.1, -0.05) is 12.6 Å². The van der Waals surface area contributed by atoms with Crippen LogP contribution in [0.15, 0.2) is 30.4 Å². The summed E-state index contributed by atoms with van der Waals surface area (Å²) in [6.07, 6.45) is 1.72. The fourth-order valence-corrected chi connectivity index (χ4v) is 1.63. The molecule has 1 aromatic carbocycles. The van der Waals surface area contributed by atoms with Gasteiger partial charge >= 0.3 is 12.0 Å². The number of benzene rings is 1. The molecular formula is C15H20N2O4. The standard InChI is InChI=1S/C15H20N2O4/c1-10-6-7-12(9-13(10)18)17-15(21)16-8-4-3-5-11(2)14(19)20/h6-7,9,18H,2-5,8H2,1H3,(H,19,20)(H2,16,17,21). The average molecular weight is 292 g/mol. The maximum Gasteiger partial charge on any atom is 0.330 e. The largest absolute Gasteiger partial charge is 0.508 e. The van der Waals surface area contributed by atoms with Gasteiger partial charge in [-0.2, -0.15) is 0 Å². The number of hydrogen-bond donors (Lipinski definition) is 4. The van der Waals surface area contributed by atoms with Crippen LogP contribution in [0.2, 0.25) is 0 Å². The SMILES string of the molecule is C=C(CCCCNC(=O)Nc1ccc(C)c(O)c1)C(=O)O. The van der Waals surface area contributed by atoms with E-state index in [1.807, 2.05) is 0 Å². The second-order valence-electron chi connectivity index (χ2n) is 4.75. The van der Waals surface area contributed by atoms with E-state index in [4.69, 9.17) is 5.11 Å². The van der Waals surface area contributed by atoms with Gasteiger partial charge in [0.15, 0.2) is 0 Å². The number of aryl methyl sites for hydroxylation is 1. The van der Waals surface area contributed by atoms with Gasteiger partial charge in [-0.25, -0.2) is 9.59 Å². The van der Waals surface area contributed by atoms with Crippen molar-refractivity contribution in [2.45, 2.75) is 26.2 Å². The van der Waals surface area contributed by atoms with Gasteiger partial charge in [0.05, 0.1) is 0 Å². The Morgan fingerprint density at radius 1 is 1.29 bits per heavy atom. The van der Waals surface area contributed by atoms with Crippen molar-refractivity contribution in [3.63, 3.8) is 0 Å². The topological polar surface area (TPSA) is 98.7 Å². The van der Waals surface area contributed by atoms with Gasteiger partial charge in [0.25, 0.3) is 0 Å². The maximum atomic E-state index is 11.6. The number of hydrogen-bond acceptors (Lipinski definition) is 3. The first-order valence-electron chi connectivity index (χ1n) is 6.65. The summed E-state index contributed by atoms with van der Waals surface area (Å²) in [6, 6.07) is 4.52. The highest BCUT2D eigenvalue weighted by Crippen LogP contribution is 2.20. The van der Waals surface area contributed by atoms with E-state index in [-0.39, 0.29) is 17.4 Å². The molecule has 0 aromatic heterocycles. The average Bonchev–Trinajstić information content (AvgIpc) is 2.42. The van der Waals surface area contributed by atoms with Crippen molar-refractivity contribution in [1.29, 1.82) is 0 Å². The predicted molar refractivity (Wildman–Crippen MR) is 80.5 cm³/mol. The minimum absolute atomic E-state index is 0.125. The minimum Gasteiger partial charge on any atom is -0.508 e. The fraction of sp³-hybridized carbons (Fsp3) is 0.333. The van der Waals surface area contributed by atoms with Crippen molar-refractivity contribution in [3.05, 3.63) is 35.9 Å². The van der Waals surface area contributed by atoms with E-state index >= 15 is 0 Å². The molecule has 0 saturated heterocycles. The Kier molecular flexibility index (Phi) is 6.26. The van der Waals surface area contributed by atoms with Gasteiger partial charge in [0, 0.05) is 23.9 Å². The quantitative estimate of drug-likeness (QED) is 0.458. The number of carbonyl (C=O) groups excluding carboxylic acids is 1. The lowest BCUT2D eigenvalue weighted by Gasteiger charge is -2.08. The molecule has 6 nitrogen and oxygen atoms in total. The summed E-state index contributed by atoms with van der Waals surface area (Å²) < 4.78 is 0. The lowest BCUT2D eigenvalue weighted by Crippen LogP contribution is -2.29. The molecular weight excluding hydrogens is 272 g/mol. The van der Waals surface area contributed by atoms with Crippen molar-refractivity contribution in [1.82, 2.24) is 5.32 Å². The molecule has 0 spiro atoms. The summed E-state index contributed by atoms with van der Waals surface area (Å²) in [5.74, 6) is -0.861. The highest BCUT2D eigenvalue weighted by molar-refractivity contribution is 5.89. The molecule has 0 heterocycles. The molecule has 0 bridgehead atoms. The summed E-state index contributed by atoms with van der Waals surface area (Å²) in [7, 11) is 0.